The number of hydrogen-bond acceptors (Lipinski definition) is 4. The topological polar surface area (TPSA) is 67.7 Å². The average Bonchev–Trinajstić information content (AvgIpc) is 2.83. The van der Waals surface area contributed by atoms with Crippen LogP contribution >= 0.6 is 0 Å². The van der Waals surface area contributed by atoms with Gasteiger partial charge in [-0.3, -0.25) is 0 Å². The first kappa shape index (κ1) is 17.8. The van der Waals surface area contributed by atoms with Crippen molar-refractivity contribution in [3.63, 3.8) is 0 Å². The molecule has 0 fully saturated rings. The summed E-state index contributed by atoms with van der Waals surface area (Å²) in [6.07, 6.45) is 6.31. The number of allylic oxidation sites excluding steroid dienone is 1. The molecule has 0 saturated heterocycles. The van der Waals surface area contributed by atoms with Crippen molar-refractivity contribution >= 4 is 17.4 Å². The number of pyridine rings is 1. The maximum atomic E-state index is 6.34. The van der Waals surface area contributed by atoms with Crippen LogP contribution in [0.3, 0.4) is 0 Å². The molecule has 0 radical (unpaired) electrons. The van der Waals surface area contributed by atoms with Crippen LogP contribution in [0.1, 0.15) is 39.0 Å². The summed E-state index contributed by atoms with van der Waals surface area (Å²) in [6.45, 7) is 12.3. The van der Waals surface area contributed by atoms with E-state index in [-0.39, 0.29) is 0 Å². The Labute approximate surface area is 144 Å². The molecule has 0 unspecified atom stereocenters. The Kier molecular flexibility index (Phi) is 5.79. The molecule has 0 aromatic carbocycles. The molecule has 2 aromatic rings. The van der Waals surface area contributed by atoms with Gasteiger partial charge in [-0.05, 0) is 44.4 Å². The predicted octanol–water partition coefficient (Wildman–Crippen LogP) is 3.37. The van der Waals surface area contributed by atoms with Gasteiger partial charge >= 0.3 is 0 Å². The molecular weight excluding hydrogens is 298 g/mol. The van der Waals surface area contributed by atoms with Crippen LogP contribution in [0.5, 0.6) is 0 Å². The van der Waals surface area contributed by atoms with Crippen LogP contribution in [0.4, 0.5) is 0 Å². The average molecular weight is 325 g/mol. The monoisotopic (exact) mass is 325 g/mol. The Balaban J connectivity index is 2.33. The Hall–Kier alpha value is -2.56. The highest BCUT2D eigenvalue weighted by Crippen LogP contribution is 2.23. The smallest absolute Gasteiger partial charge is 0.118 e. The van der Waals surface area contributed by atoms with E-state index in [1.807, 2.05) is 42.8 Å². The molecule has 2 aromatic heterocycles. The number of fused-ring (bicyclic) bond motifs is 1. The Bertz CT molecular complexity index is 765. The molecule has 24 heavy (non-hydrogen) atoms. The minimum atomic E-state index is 0.299. The van der Waals surface area contributed by atoms with Gasteiger partial charge in [-0.15, -0.1) is 0 Å². The van der Waals surface area contributed by atoms with Gasteiger partial charge in [-0.1, -0.05) is 26.5 Å². The predicted molar refractivity (Wildman–Crippen MR) is 102 cm³/mol. The summed E-state index contributed by atoms with van der Waals surface area (Å²) in [7, 11) is 0. The second kappa shape index (κ2) is 7.81. The van der Waals surface area contributed by atoms with E-state index in [9.17, 15) is 0 Å². The van der Waals surface area contributed by atoms with E-state index >= 15 is 0 Å². The lowest BCUT2D eigenvalue weighted by molar-refractivity contribution is 0.629. The van der Waals surface area contributed by atoms with Gasteiger partial charge in [0.05, 0.1) is 11.2 Å². The quantitative estimate of drug-likeness (QED) is 0.767. The van der Waals surface area contributed by atoms with Crippen molar-refractivity contribution in [3.8, 4) is 0 Å². The fraction of sp³-hybridized carbons (Fsp3) is 0.368. The van der Waals surface area contributed by atoms with E-state index in [1.54, 1.807) is 12.3 Å². The summed E-state index contributed by atoms with van der Waals surface area (Å²) in [6, 6.07) is 6.29. The first-order valence-corrected chi connectivity index (χ1v) is 8.30. The highest BCUT2D eigenvalue weighted by Gasteiger charge is 2.15. The van der Waals surface area contributed by atoms with Gasteiger partial charge in [-0.25, -0.2) is 9.51 Å². The van der Waals surface area contributed by atoms with E-state index in [4.69, 9.17) is 5.73 Å². The van der Waals surface area contributed by atoms with Crippen molar-refractivity contribution in [1.82, 2.24) is 14.9 Å². The maximum absolute atomic E-state index is 6.34. The zero-order chi connectivity index (χ0) is 17.7. The van der Waals surface area contributed by atoms with Crippen molar-refractivity contribution in [2.45, 2.75) is 40.2 Å². The van der Waals surface area contributed by atoms with Crippen LogP contribution in [-0.2, 0) is 6.42 Å². The molecule has 0 aliphatic carbocycles. The number of nitrogens with one attached hydrogen (secondary N) is 1. The van der Waals surface area contributed by atoms with Crippen molar-refractivity contribution in [2.75, 3.05) is 0 Å². The molecule has 0 saturated carbocycles. The molecule has 3 N–H and O–H groups in total. The van der Waals surface area contributed by atoms with E-state index in [2.05, 4.69) is 35.8 Å². The second-order valence-electron chi connectivity index (χ2n) is 6.60. The molecule has 2 rings (SSSR count). The molecule has 0 aliphatic heterocycles. The molecule has 5 heteroatoms. The Morgan fingerprint density at radius 3 is 2.79 bits per heavy atom. The molecule has 2 heterocycles. The maximum Gasteiger partial charge on any atom is 0.118 e. The largest absolute Gasteiger partial charge is 0.398 e. The fourth-order valence-corrected chi connectivity index (χ4v) is 2.55. The standard InChI is InChI=1S/C19H27N5/c1-13(2)12-17-19(18-8-6-7-11-24(18)23-17)16(20)9-10-21-15(5)22-14(3)4/h6-11,13-14,22H,5,12,20H2,1-4H3/b16-9-,21-10-. The van der Waals surface area contributed by atoms with Gasteiger partial charge in [0.1, 0.15) is 5.82 Å². The third-order valence-corrected chi connectivity index (χ3v) is 3.44. The molecule has 0 bridgehead atoms. The summed E-state index contributed by atoms with van der Waals surface area (Å²) in [5.74, 6) is 1.13. The lowest BCUT2D eigenvalue weighted by atomic mass is 10.0. The SMILES string of the molecule is C=C(/N=C\C=C(/N)c1c(CC(C)C)nn2ccccc12)NC(C)C. The van der Waals surface area contributed by atoms with Crippen LogP contribution in [0.15, 0.2) is 47.9 Å². The van der Waals surface area contributed by atoms with E-state index in [1.165, 1.54) is 0 Å². The minimum absolute atomic E-state index is 0.299. The summed E-state index contributed by atoms with van der Waals surface area (Å²) >= 11 is 0. The van der Waals surface area contributed by atoms with Gasteiger partial charge in [0.2, 0.25) is 0 Å². The molecule has 0 amide bonds. The number of aromatic nitrogens is 2. The molecule has 0 aliphatic rings. The molecular formula is C19H27N5. The van der Waals surface area contributed by atoms with Gasteiger partial charge in [-0.2, -0.15) is 5.10 Å². The second-order valence-corrected chi connectivity index (χ2v) is 6.60. The van der Waals surface area contributed by atoms with Crippen molar-refractivity contribution < 1.29 is 0 Å². The Morgan fingerprint density at radius 2 is 2.12 bits per heavy atom. The third-order valence-electron chi connectivity index (χ3n) is 3.44. The fourth-order valence-electron chi connectivity index (χ4n) is 2.55. The van der Waals surface area contributed by atoms with E-state index < -0.39 is 0 Å². The van der Waals surface area contributed by atoms with Crippen molar-refractivity contribution in [3.05, 3.63) is 54.1 Å². The molecule has 0 spiro atoms. The van der Waals surface area contributed by atoms with E-state index in [0.717, 1.165) is 23.2 Å². The molecule has 5 nitrogen and oxygen atoms in total. The summed E-state index contributed by atoms with van der Waals surface area (Å²) in [4.78, 5) is 4.27. The van der Waals surface area contributed by atoms with Gasteiger partial charge < -0.3 is 11.1 Å². The van der Waals surface area contributed by atoms with Crippen LogP contribution in [0.2, 0.25) is 0 Å². The van der Waals surface area contributed by atoms with Gasteiger partial charge in [0, 0.05) is 29.7 Å². The van der Waals surface area contributed by atoms with Crippen LogP contribution < -0.4 is 11.1 Å². The van der Waals surface area contributed by atoms with Crippen molar-refractivity contribution in [1.29, 1.82) is 0 Å². The lowest BCUT2D eigenvalue weighted by Crippen LogP contribution is -2.20. The number of aliphatic imine (C=N–C) groups is 1. The third kappa shape index (κ3) is 4.47. The van der Waals surface area contributed by atoms with Gasteiger partial charge in [0.25, 0.3) is 0 Å². The number of rotatable bonds is 7. The van der Waals surface area contributed by atoms with Crippen molar-refractivity contribution in [2.24, 2.45) is 16.6 Å². The van der Waals surface area contributed by atoms with Gasteiger partial charge in [0.15, 0.2) is 0 Å². The summed E-state index contributed by atoms with van der Waals surface area (Å²) < 4.78 is 1.88. The normalized spacial score (nSPS) is 12.7. The van der Waals surface area contributed by atoms with E-state index in [0.29, 0.717) is 23.5 Å². The Morgan fingerprint density at radius 1 is 1.38 bits per heavy atom. The summed E-state index contributed by atoms with van der Waals surface area (Å²) in [5, 5.41) is 7.82. The van der Waals surface area contributed by atoms with Crippen LogP contribution in [0.25, 0.3) is 11.2 Å². The highest BCUT2D eigenvalue weighted by atomic mass is 15.2. The minimum Gasteiger partial charge on any atom is -0.398 e. The first-order valence-electron chi connectivity index (χ1n) is 8.30. The van der Waals surface area contributed by atoms with Crippen LogP contribution in [-0.4, -0.2) is 21.9 Å². The zero-order valence-electron chi connectivity index (χ0n) is 15.0. The number of nitrogens with zero attached hydrogens (tertiary/aromatic N) is 3. The number of nitrogens with two attached hydrogens (primary N) is 1. The summed E-state index contributed by atoms with van der Waals surface area (Å²) in [5.41, 5.74) is 10.0. The zero-order valence-corrected chi connectivity index (χ0v) is 15.0. The first-order chi connectivity index (χ1) is 11.4. The van der Waals surface area contributed by atoms with Crippen LogP contribution in [0, 0.1) is 5.92 Å². The number of hydrogen-bond donors (Lipinski definition) is 2. The highest BCUT2D eigenvalue weighted by molar-refractivity contribution is 5.88. The lowest BCUT2D eigenvalue weighted by Gasteiger charge is -2.07. The molecule has 128 valence electrons. The molecule has 0 atom stereocenters.